The summed E-state index contributed by atoms with van der Waals surface area (Å²) in [5.74, 6) is 0.397. The first-order valence-corrected chi connectivity index (χ1v) is 6.56. The highest BCUT2D eigenvalue weighted by Gasteiger charge is 2.27. The van der Waals surface area contributed by atoms with Crippen molar-refractivity contribution in [2.24, 2.45) is 7.05 Å². The van der Waals surface area contributed by atoms with E-state index in [2.05, 4.69) is 15.1 Å². The Labute approximate surface area is 111 Å². The second-order valence-corrected chi connectivity index (χ2v) is 5.04. The molecule has 1 atom stereocenters. The van der Waals surface area contributed by atoms with Crippen LogP contribution >= 0.6 is 0 Å². The van der Waals surface area contributed by atoms with Gasteiger partial charge in [-0.3, -0.25) is 4.79 Å². The van der Waals surface area contributed by atoms with Crippen molar-refractivity contribution in [2.75, 3.05) is 13.1 Å². The zero-order chi connectivity index (χ0) is 13.4. The summed E-state index contributed by atoms with van der Waals surface area (Å²) in [6.45, 7) is 3.21. The molecule has 19 heavy (non-hydrogen) atoms. The number of aryl methyl sites for hydroxylation is 1. The summed E-state index contributed by atoms with van der Waals surface area (Å²) in [5, 5.41) is 4.56. The van der Waals surface area contributed by atoms with Gasteiger partial charge < -0.3 is 4.90 Å². The Bertz CT molecular complexity index is 621. The molecular weight excluding hydrogens is 242 g/mol. The lowest BCUT2D eigenvalue weighted by Crippen LogP contribution is -2.37. The Kier molecular flexibility index (Phi) is 2.93. The summed E-state index contributed by atoms with van der Waals surface area (Å²) < 4.78 is 1.77. The largest absolute Gasteiger partial charge is 0.342 e. The van der Waals surface area contributed by atoms with Crippen LogP contribution in [0.4, 0.5) is 0 Å². The molecule has 0 radical (unpaired) electrons. The maximum absolute atomic E-state index is 11.5. The number of carbonyl (C=O) groups is 1. The van der Waals surface area contributed by atoms with Crippen LogP contribution in [0.1, 0.15) is 31.4 Å². The average molecular weight is 259 g/mol. The van der Waals surface area contributed by atoms with Gasteiger partial charge in [-0.1, -0.05) is 0 Å². The van der Waals surface area contributed by atoms with E-state index >= 15 is 0 Å². The lowest BCUT2D eigenvalue weighted by atomic mass is 9.94. The Morgan fingerprint density at radius 2 is 2.16 bits per heavy atom. The van der Waals surface area contributed by atoms with E-state index in [1.54, 1.807) is 24.0 Å². The van der Waals surface area contributed by atoms with Crippen LogP contribution in [0.5, 0.6) is 0 Å². The van der Waals surface area contributed by atoms with E-state index in [1.165, 1.54) is 0 Å². The molecule has 0 N–H and O–H groups in total. The van der Waals surface area contributed by atoms with Gasteiger partial charge in [0.15, 0.2) is 5.65 Å². The van der Waals surface area contributed by atoms with Gasteiger partial charge in [0, 0.05) is 45.4 Å². The molecular formula is C13H17N5O. The predicted molar refractivity (Wildman–Crippen MR) is 70.5 cm³/mol. The minimum absolute atomic E-state index is 0.135. The van der Waals surface area contributed by atoms with Gasteiger partial charge in [-0.2, -0.15) is 5.10 Å². The summed E-state index contributed by atoms with van der Waals surface area (Å²) in [5.41, 5.74) is 2.63. The first-order chi connectivity index (χ1) is 9.16. The third kappa shape index (κ3) is 2.07. The first kappa shape index (κ1) is 12.1. The second kappa shape index (κ2) is 4.60. The standard InChI is InChI=1S/C13H17N5O/c1-9(19)18-7-3-4-10(8-18)11-12-13(17(2)16-11)15-6-5-14-12/h5-6,10H,3-4,7-8H2,1-2H3/t10-/m0/s1. The second-order valence-electron chi connectivity index (χ2n) is 5.04. The van der Waals surface area contributed by atoms with Gasteiger partial charge in [0.05, 0.1) is 5.69 Å². The van der Waals surface area contributed by atoms with E-state index in [9.17, 15) is 4.79 Å². The van der Waals surface area contributed by atoms with Crippen LogP contribution in [0.25, 0.3) is 11.2 Å². The van der Waals surface area contributed by atoms with E-state index in [-0.39, 0.29) is 11.8 Å². The molecule has 3 heterocycles. The van der Waals surface area contributed by atoms with Crippen molar-refractivity contribution in [3.63, 3.8) is 0 Å². The molecule has 1 fully saturated rings. The number of rotatable bonds is 1. The molecule has 3 rings (SSSR count). The summed E-state index contributed by atoms with van der Waals surface area (Å²) in [6, 6.07) is 0. The van der Waals surface area contributed by atoms with Crippen molar-refractivity contribution < 1.29 is 4.79 Å². The molecule has 6 heteroatoms. The fourth-order valence-corrected chi connectivity index (χ4v) is 2.77. The number of piperidine rings is 1. The Hall–Kier alpha value is -1.98. The predicted octanol–water partition coefficient (Wildman–Crippen LogP) is 1.09. The first-order valence-electron chi connectivity index (χ1n) is 6.56. The van der Waals surface area contributed by atoms with Crippen molar-refractivity contribution in [2.45, 2.75) is 25.7 Å². The lowest BCUT2D eigenvalue weighted by Gasteiger charge is -2.31. The summed E-state index contributed by atoms with van der Waals surface area (Å²) in [4.78, 5) is 22.1. The number of aromatic nitrogens is 4. The lowest BCUT2D eigenvalue weighted by molar-refractivity contribution is -0.130. The highest BCUT2D eigenvalue weighted by Crippen LogP contribution is 2.29. The minimum atomic E-state index is 0.135. The van der Waals surface area contributed by atoms with Gasteiger partial charge in [-0.15, -0.1) is 0 Å². The highest BCUT2D eigenvalue weighted by atomic mass is 16.2. The number of hydrogen-bond acceptors (Lipinski definition) is 4. The third-order valence-corrected chi connectivity index (χ3v) is 3.74. The van der Waals surface area contributed by atoms with E-state index in [1.807, 2.05) is 11.9 Å². The maximum atomic E-state index is 11.5. The van der Waals surface area contributed by atoms with Gasteiger partial charge in [-0.05, 0) is 12.8 Å². The summed E-state index contributed by atoms with van der Waals surface area (Å²) in [6.07, 6.45) is 5.44. The quantitative estimate of drug-likeness (QED) is 0.769. The Morgan fingerprint density at radius 3 is 2.95 bits per heavy atom. The smallest absolute Gasteiger partial charge is 0.219 e. The molecule has 1 aliphatic rings. The molecule has 6 nitrogen and oxygen atoms in total. The molecule has 100 valence electrons. The summed E-state index contributed by atoms with van der Waals surface area (Å²) >= 11 is 0. The number of nitrogens with zero attached hydrogens (tertiary/aromatic N) is 5. The van der Waals surface area contributed by atoms with Crippen molar-refractivity contribution >= 4 is 17.1 Å². The zero-order valence-electron chi connectivity index (χ0n) is 11.2. The average Bonchev–Trinajstić information content (AvgIpc) is 2.77. The van der Waals surface area contributed by atoms with Crippen molar-refractivity contribution in [1.29, 1.82) is 0 Å². The SMILES string of the molecule is CC(=O)N1CCC[C@H](c2nn(C)c3nccnc23)C1. The van der Waals surface area contributed by atoms with Crippen molar-refractivity contribution in [3.05, 3.63) is 18.1 Å². The van der Waals surface area contributed by atoms with Gasteiger partial charge >= 0.3 is 0 Å². The van der Waals surface area contributed by atoms with E-state index < -0.39 is 0 Å². The molecule has 1 aliphatic heterocycles. The van der Waals surface area contributed by atoms with Crippen LogP contribution in [-0.4, -0.2) is 43.6 Å². The number of amides is 1. The molecule has 0 spiro atoms. The van der Waals surface area contributed by atoms with Gasteiger partial charge in [0.2, 0.25) is 5.91 Å². The molecule has 0 bridgehead atoms. The van der Waals surface area contributed by atoms with Crippen LogP contribution < -0.4 is 0 Å². The molecule has 2 aromatic heterocycles. The van der Waals surface area contributed by atoms with Crippen LogP contribution in [0.15, 0.2) is 12.4 Å². The number of carbonyl (C=O) groups excluding carboxylic acids is 1. The van der Waals surface area contributed by atoms with Gasteiger partial charge in [0.1, 0.15) is 5.52 Å². The molecule has 0 aliphatic carbocycles. The molecule has 1 saturated heterocycles. The number of fused-ring (bicyclic) bond motifs is 1. The maximum Gasteiger partial charge on any atom is 0.219 e. The minimum Gasteiger partial charge on any atom is -0.342 e. The van der Waals surface area contributed by atoms with E-state index in [0.29, 0.717) is 0 Å². The fourth-order valence-electron chi connectivity index (χ4n) is 2.77. The number of likely N-dealkylation sites (tertiary alicyclic amines) is 1. The zero-order valence-corrected chi connectivity index (χ0v) is 11.2. The fraction of sp³-hybridized carbons (Fsp3) is 0.538. The monoisotopic (exact) mass is 259 g/mol. The van der Waals surface area contributed by atoms with E-state index in [4.69, 9.17) is 0 Å². The molecule has 0 aromatic carbocycles. The number of hydrogen-bond donors (Lipinski definition) is 0. The summed E-state index contributed by atoms with van der Waals surface area (Å²) in [7, 11) is 1.88. The molecule has 0 saturated carbocycles. The van der Waals surface area contributed by atoms with Crippen LogP contribution in [0, 0.1) is 0 Å². The van der Waals surface area contributed by atoms with Crippen molar-refractivity contribution in [1.82, 2.24) is 24.6 Å². The topological polar surface area (TPSA) is 63.9 Å². The van der Waals surface area contributed by atoms with Crippen LogP contribution in [-0.2, 0) is 11.8 Å². The van der Waals surface area contributed by atoms with Crippen LogP contribution in [0.2, 0.25) is 0 Å². The molecule has 1 amide bonds. The molecule has 0 unspecified atom stereocenters. The Balaban J connectivity index is 1.98. The van der Waals surface area contributed by atoms with E-state index in [0.717, 1.165) is 42.8 Å². The van der Waals surface area contributed by atoms with Gasteiger partial charge in [-0.25, -0.2) is 14.6 Å². The Morgan fingerprint density at radius 1 is 1.37 bits per heavy atom. The highest BCUT2D eigenvalue weighted by molar-refractivity contribution is 5.75. The molecule has 2 aromatic rings. The van der Waals surface area contributed by atoms with Gasteiger partial charge in [0.25, 0.3) is 0 Å². The van der Waals surface area contributed by atoms with Crippen LogP contribution in [0.3, 0.4) is 0 Å². The normalized spacial score (nSPS) is 19.9. The third-order valence-electron chi connectivity index (χ3n) is 3.74. The van der Waals surface area contributed by atoms with Crippen molar-refractivity contribution in [3.8, 4) is 0 Å².